The zero-order valence-electron chi connectivity index (χ0n) is 9.86. The lowest BCUT2D eigenvalue weighted by Gasteiger charge is -2.07. The van der Waals surface area contributed by atoms with Crippen LogP contribution in [0.15, 0.2) is 29.3 Å². The monoisotopic (exact) mass is 246 g/mol. The molecule has 0 radical (unpaired) electrons. The van der Waals surface area contributed by atoms with Crippen molar-refractivity contribution in [3.05, 3.63) is 35.4 Å². The summed E-state index contributed by atoms with van der Waals surface area (Å²) < 4.78 is 0. The quantitative estimate of drug-likeness (QED) is 0.846. The van der Waals surface area contributed by atoms with Gasteiger partial charge in [0, 0.05) is 5.39 Å². The molecule has 1 amide bonds. The highest BCUT2D eigenvalue weighted by Gasteiger charge is 2.07. The molecule has 2 aromatic rings. The van der Waals surface area contributed by atoms with Crippen molar-refractivity contribution in [3.8, 4) is 0 Å². The Bertz CT molecular complexity index is 581. The molecule has 1 aromatic carbocycles. The van der Waals surface area contributed by atoms with Gasteiger partial charge in [0.05, 0.1) is 11.3 Å². The normalized spacial score (nSPS) is 10.7. The lowest BCUT2D eigenvalue weighted by molar-refractivity contribution is -0.115. The number of rotatable bonds is 3. The number of primary amides is 1. The number of thioether (sulfide) groups is 1. The summed E-state index contributed by atoms with van der Waals surface area (Å²) >= 11 is 1.39. The molecule has 1 heterocycles. The number of hydrogen-bond donors (Lipinski definition) is 1. The Morgan fingerprint density at radius 3 is 2.82 bits per heavy atom. The van der Waals surface area contributed by atoms with Crippen LogP contribution in [-0.4, -0.2) is 16.6 Å². The van der Waals surface area contributed by atoms with Crippen LogP contribution in [0.25, 0.3) is 10.9 Å². The highest BCUT2D eigenvalue weighted by molar-refractivity contribution is 7.99. The van der Waals surface area contributed by atoms with E-state index in [0.717, 1.165) is 27.1 Å². The van der Waals surface area contributed by atoms with Crippen LogP contribution in [0.5, 0.6) is 0 Å². The number of para-hydroxylation sites is 1. The van der Waals surface area contributed by atoms with E-state index in [2.05, 4.69) is 11.1 Å². The molecule has 2 rings (SSSR count). The predicted octanol–water partition coefficient (Wildman–Crippen LogP) is 2.43. The van der Waals surface area contributed by atoms with Gasteiger partial charge in [-0.3, -0.25) is 4.79 Å². The first-order valence-corrected chi connectivity index (χ1v) is 6.34. The minimum absolute atomic E-state index is 0.269. The molecule has 0 saturated carbocycles. The zero-order chi connectivity index (χ0) is 12.4. The Kier molecular flexibility index (Phi) is 3.33. The third-order valence-corrected chi connectivity index (χ3v) is 3.66. The molecule has 0 atom stereocenters. The van der Waals surface area contributed by atoms with E-state index < -0.39 is 0 Å². The topological polar surface area (TPSA) is 56.0 Å². The molecule has 4 heteroatoms. The van der Waals surface area contributed by atoms with E-state index in [1.807, 2.05) is 32.0 Å². The maximum absolute atomic E-state index is 10.8. The van der Waals surface area contributed by atoms with Crippen molar-refractivity contribution in [1.82, 2.24) is 4.98 Å². The third-order valence-electron chi connectivity index (χ3n) is 2.54. The van der Waals surface area contributed by atoms with Crippen LogP contribution < -0.4 is 5.73 Å². The number of pyridine rings is 1. The molecule has 1 aromatic heterocycles. The second kappa shape index (κ2) is 4.75. The molecule has 0 aliphatic rings. The Morgan fingerprint density at radius 2 is 2.12 bits per heavy atom. The maximum Gasteiger partial charge on any atom is 0.227 e. The number of benzene rings is 1. The molecule has 0 bridgehead atoms. The number of nitrogens with two attached hydrogens (primary N) is 1. The van der Waals surface area contributed by atoms with E-state index in [1.54, 1.807) is 0 Å². The Morgan fingerprint density at radius 1 is 1.35 bits per heavy atom. The summed E-state index contributed by atoms with van der Waals surface area (Å²) in [4.78, 5) is 15.4. The number of fused-ring (bicyclic) bond motifs is 1. The third kappa shape index (κ3) is 2.58. The summed E-state index contributed by atoms with van der Waals surface area (Å²) in [6, 6.07) is 8.20. The zero-order valence-corrected chi connectivity index (χ0v) is 10.7. The fourth-order valence-electron chi connectivity index (χ4n) is 1.72. The van der Waals surface area contributed by atoms with E-state index in [-0.39, 0.29) is 11.7 Å². The average Bonchev–Trinajstić information content (AvgIpc) is 2.27. The largest absolute Gasteiger partial charge is 0.369 e. The summed E-state index contributed by atoms with van der Waals surface area (Å²) in [5, 5.41) is 2.01. The molecule has 0 aliphatic carbocycles. The van der Waals surface area contributed by atoms with Crippen LogP contribution in [0.4, 0.5) is 0 Å². The molecule has 2 N–H and O–H groups in total. The van der Waals surface area contributed by atoms with E-state index in [4.69, 9.17) is 5.73 Å². The first-order chi connectivity index (χ1) is 8.08. The second-order valence-corrected chi connectivity index (χ2v) is 4.98. The molecule has 3 nitrogen and oxygen atoms in total. The molecule has 0 spiro atoms. The van der Waals surface area contributed by atoms with Crippen molar-refractivity contribution >= 4 is 28.6 Å². The second-order valence-electron chi connectivity index (χ2n) is 4.01. The van der Waals surface area contributed by atoms with E-state index >= 15 is 0 Å². The van der Waals surface area contributed by atoms with Crippen molar-refractivity contribution in [1.29, 1.82) is 0 Å². The number of carbonyl (C=O) groups excluding carboxylic acids is 1. The predicted molar refractivity (Wildman–Crippen MR) is 71.1 cm³/mol. The van der Waals surface area contributed by atoms with Gasteiger partial charge in [-0.1, -0.05) is 30.0 Å². The average molecular weight is 246 g/mol. The van der Waals surface area contributed by atoms with E-state index in [1.165, 1.54) is 11.8 Å². The van der Waals surface area contributed by atoms with Crippen LogP contribution in [0.2, 0.25) is 0 Å². The van der Waals surface area contributed by atoms with Crippen LogP contribution >= 0.6 is 11.8 Å². The molecule has 0 saturated heterocycles. The summed E-state index contributed by atoms with van der Waals surface area (Å²) in [6.07, 6.45) is 0. The van der Waals surface area contributed by atoms with E-state index in [0.29, 0.717) is 0 Å². The van der Waals surface area contributed by atoms with Crippen LogP contribution in [0, 0.1) is 13.8 Å². The summed E-state index contributed by atoms with van der Waals surface area (Å²) in [5.41, 5.74) is 8.36. The molecule has 17 heavy (non-hydrogen) atoms. The number of hydrogen-bond acceptors (Lipinski definition) is 3. The van der Waals surface area contributed by atoms with Gasteiger partial charge in [-0.25, -0.2) is 4.98 Å². The van der Waals surface area contributed by atoms with Gasteiger partial charge in [-0.2, -0.15) is 0 Å². The van der Waals surface area contributed by atoms with Gasteiger partial charge in [0.2, 0.25) is 5.91 Å². The molecule has 0 fully saturated rings. The van der Waals surface area contributed by atoms with Gasteiger partial charge in [0.25, 0.3) is 0 Å². The van der Waals surface area contributed by atoms with Crippen LogP contribution in [0.1, 0.15) is 11.1 Å². The number of aryl methyl sites for hydroxylation is 2. The van der Waals surface area contributed by atoms with Gasteiger partial charge < -0.3 is 5.73 Å². The van der Waals surface area contributed by atoms with Gasteiger partial charge in [-0.15, -0.1) is 0 Å². The summed E-state index contributed by atoms with van der Waals surface area (Å²) in [7, 11) is 0. The number of aromatic nitrogens is 1. The highest BCUT2D eigenvalue weighted by Crippen LogP contribution is 2.25. The van der Waals surface area contributed by atoms with Crippen molar-refractivity contribution in [2.75, 3.05) is 5.75 Å². The fourth-order valence-corrected chi connectivity index (χ4v) is 2.44. The Labute approximate surface area is 104 Å². The summed E-state index contributed by atoms with van der Waals surface area (Å²) in [6.45, 7) is 4.03. The first kappa shape index (κ1) is 11.9. The van der Waals surface area contributed by atoms with Crippen LogP contribution in [0.3, 0.4) is 0 Å². The highest BCUT2D eigenvalue weighted by atomic mass is 32.2. The number of nitrogens with zero attached hydrogens (tertiary/aromatic N) is 1. The minimum atomic E-state index is -0.318. The first-order valence-electron chi connectivity index (χ1n) is 5.36. The van der Waals surface area contributed by atoms with Crippen molar-refractivity contribution < 1.29 is 4.79 Å². The van der Waals surface area contributed by atoms with Gasteiger partial charge in [0.1, 0.15) is 5.03 Å². The van der Waals surface area contributed by atoms with Gasteiger partial charge in [-0.05, 0) is 31.0 Å². The molecular weight excluding hydrogens is 232 g/mol. The van der Waals surface area contributed by atoms with Crippen molar-refractivity contribution in [2.24, 2.45) is 5.73 Å². The van der Waals surface area contributed by atoms with Crippen LogP contribution in [-0.2, 0) is 4.79 Å². The summed E-state index contributed by atoms with van der Waals surface area (Å²) in [5.74, 6) is -0.0494. The fraction of sp³-hybridized carbons (Fsp3) is 0.231. The minimum Gasteiger partial charge on any atom is -0.369 e. The van der Waals surface area contributed by atoms with Gasteiger partial charge >= 0.3 is 0 Å². The maximum atomic E-state index is 10.8. The standard InChI is InChI=1S/C13H14N2OS/c1-8-4-3-5-10-6-9(2)13(15-12(8)10)17-7-11(14)16/h3-6H,7H2,1-2H3,(H2,14,16). The Hall–Kier alpha value is -1.55. The lowest BCUT2D eigenvalue weighted by atomic mass is 10.1. The van der Waals surface area contributed by atoms with Crippen molar-refractivity contribution in [2.45, 2.75) is 18.9 Å². The Balaban J connectivity index is 2.46. The SMILES string of the molecule is Cc1cc2cccc(C)c2nc1SCC(N)=O. The molecule has 0 aliphatic heterocycles. The molecule has 0 unspecified atom stereocenters. The lowest BCUT2D eigenvalue weighted by Crippen LogP contribution is -2.13. The van der Waals surface area contributed by atoms with Crippen molar-refractivity contribution in [3.63, 3.8) is 0 Å². The smallest absolute Gasteiger partial charge is 0.227 e. The number of amides is 1. The van der Waals surface area contributed by atoms with Gasteiger partial charge in [0.15, 0.2) is 0 Å². The van der Waals surface area contributed by atoms with E-state index in [9.17, 15) is 4.79 Å². The molecular formula is C13H14N2OS. The number of carbonyl (C=O) groups is 1. The molecule has 88 valence electrons.